The molecule has 0 aliphatic heterocycles. The summed E-state index contributed by atoms with van der Waals surface area (Å²) >= 11 is 0. The molecule has 2 aromatic carbocycles. The number of nitrogens with zero attached hydrogens (tertiary/aromatic N) is 4. The van der Waals surface area contributed by atoms with Crippen LogP contribution >= 0.6 is 0 Å². The van der Waals surface area contributed by atoms with Gasteiger partial charge in [0.25, 0.3) is 11.6 Å². The summed E-state index contributed by atoms with van der Waals surface area (Å²) in [6, 6.07) is 15.0. The van der Waals surface area contributed by atoms with Crippen molar-refractivity contribution in [1.82, 2.24) is 15.2 Å². The highest BCUT2D eigenvalue weighted by Crippen LogP contribution is 2.15. The number of carbonyl (C=O) groups is 1. The van der Waals surface area contributed by atoms with Crippen LogP contribution in [0.2, 0.25) is 0 Å². The third-order valence-corrected chi connectivity index (χ3v) is 3.87. The molecular weight excluding hydrogens is 362 g/mol. The Morgan fingerprint density at radius 3 is 2.71 bits per heavy atom. The first-order valence-corrected chi connectivity index (χ1v) is 8.30. The minimum absolute atomic E-state index is 0.0252. The molecule has 1 amide bonds. The van der Waals surface area contributed by atoms with Gasteiger partial charge in [-0.15, -0.1) is 0 Å². The van der Waals surface area contributed by atoms with Gasteiger partial charge in [-0.1, -0.05) is 24.3 Å². The van der Waals surface area contributed by atoms with Crippen molar-refractivity contribution in [2.75, 3.05) is 7.11 Å². The van der Waals surface area contributed by atoms with E-state index in [1.165, 1.54) is 18.3 Å². The molecule has 1 aromatic heterocycles. The molecule has 0 fully saturated rings. The number of benzene rings is 2. The monoisotopic (exact) mass is 379 g/mol. The maximum absolute atomic E-state index is 12.2. The molecule has 1 heterocycles. The minimum atomic E-state index is -0.453. The molecule has 0 unspecified atom stereocenters. The van der Waals surface area contributed by atoms with Gasteiger partial charge >= 0.3 is 0 Å². The molecule has 28 heavy (non-hydrogen) atoms. The van der Waals surface area contributed by atoms with Crippen molar-refractivity contribution in [3.63, 3.8) is 0 Å². The summed E-state index contributed by atoms with van der Waals surface area (Å²) in [7, 11) is 1.56. The molecule has 0 bridgehead atoms. The molecule has 0 atom stereocenters. The second kappa shape index (κ2) is 8.58. The standard InChI is InChI=1S/C19H17N5O4/c1-28-18-5-3-2-4-15(18)12-20-21-19(25)17-10-11-23(22-17)13-14-6-8-16(9-7-14)24(26)27/h2-12H,13H2,1H3,(H,21,25)/b20-12+. The van der Waals surface area contributed by atoms with Gasteiger partial charge in [-0.3, -0.25) is 19.6 Å². The fraction of sp³-hybridized carbons (Fsp3) is 0.105. The van der Waals surface area contributed by atoms with Crippen LogP contribution in [0.4, 0.5) is 5.69 Å². The summed E-state index contributed by atoms with van der Waals surface area (Å²) in [5, 5.41) is 18.8. The Morgan fingerprint density at radius 2 is 2.00 bits per heavy atom. The third kappa shape index (κ3) is 4.58. The molecule has 0 saturated carbocycles. The zero-order valence-corrected chi connectivity index (χ0v) is 15.0. The quantitative estimate of drug-likeness (QED) is 0.385. The predicted molar refractivity (Wildman–Crippen MR) is 102 cm³/mol. The third-order valence-electron chi connectivity index (χ3n) is 3.87. The second-order valence-corrected chi connectivity index (χ2v) is 5.76. The van der Waals surface area contributed by atoms with E-state index in [9.17, 15) is 14.9 Å². The number of hydrogen-bond acceptors (Lipinski definition) is 6. The van der Waals surface area contributed by atoms with E-state index in [1.807, 2.05) is 18.2 Å². The minimum Gasteiger partial charge on any atom is -0.496 e. The van der Waals surface area contributed by atoms with Gasteiger partial charge in [-0.05, 0) is 23.8 Å². The van der Waals surface area contributed by atoms with Crippen molar-refractivity contribution < 1.29 is 14.5 Å². The topological polar surface area (TPSA) is 112 Å². The van der Waals surface area contributed by atoms with Crippen LogP contribution in [-0.2, 0) is 6.54 Å². The largest absolute Gasteiger partial charge is 0.496 e. The number of hydrogen-bond donors (Lipinski definition) is 1. The molecule has 3 aromatic rings. The van der Waals surface area contributed by atoms with Crippen molar-refractivity contribution >= 4 is 17.8 Å². The lowest BCUT2D eigenvalue weighted by atomic mass is 10.2. The summed E-state index contributed by atoms with van der Waals surface area (Å²) in [4.78, 5) is 22.4. The Bertz CT molecular complexity index is 1010. The van der Waals surface area contributed by atoms with E-state index in [2.05, 4.69) is 15.6 Å². The first-order chi connectivity index (χ1) is 13.6. The Morgan fingerprint density at radius 1 is 1.25 bits per heavy atom. The molecule has 142 valence electrons. The van der Waals surface area contributed by atoms with Crippen LogP contribution in [0, 0.1) is 10.1 Å². The number of para-hydroxylation sites is 1. The number of nitrogens with one attached hydrogen (secondary N) is 1. The van der Waals surface area contributed by atoms with E-state index in [0.717, 1.165) is 11.1 Å². The highest BCUT2D eigenvalue weighted by atomic mass is 16.6. The number of carbonyl (C=O) groups excluding carboxylic acids is 1. The van der Waals surface area contributed by atoms with Crippen LogP contribution in [0.5, 0.6) is 5.75 Å². The Hall–Kier alpha value is -4.01. The predicted octanol–water partition coefficient (Wildman–Crippen LogP) is 2.61. The number of aromatic nitrogens is 2. The number of ether oxygens (including phenoxy) is 1. The number of amides is 1. The van der Waals surface area contributed by atoms with E-state index < -0.39 is 10.8 Å². The molecule has 9 nitrogen and oxygen atoms in total. The summed E-state index contributed by atoms with van der Waals surface area (Å²) in [6.45, 7) is 0.385. The summed E-state index contributed by atoms with van der Waals surface area (Å²) < 4.78 is 6.78. The number of nitro groups is 1. The second-order valence-electron chi connectivity index (χ2n) is 5.76. The van der Waals surface area contributed by atoms with Crippen LogP contribution in [0.25, 0.3) is 0 Å². The van der Waals surface area contributed by atoms with E-state index >= 15 is 0 Å². The van der Waals surface area contributed by atoms with Gasteiger partial charge in [-0.2, -0.15) is 10.2 Å². The van der Waals surface area contributed by atoms with Crippen molar-refractivity contribution in [2.45, 2.75) is 6.54 Å². The SMILES string of the molecule is COc1ccccc1/C=N/NC(=O)c1ccn(Cc2ccc([N+](=O)[O-])cc2)n1. The van der Waals surface area contributed by atoms with Gasteiger partial charge < -0.3 is 4.74 Å². The van der Waals surface area contributed by atoms with E-state index in [-0.39, 0.29) is 11.4 Å². The van der Waals surface area contributed by atoms with Crippen LogP contribution in [0.15, 0.2) is 65.9 Å². The van der Waals surface area contributed by atoms with Crippen LogP contribution in [0.1, 0.15) is 21.6 Å². The maximum Gasteiger partial charge on any atom is 0.291 e. The summed E-state index contributed by atoms with van der Waals surface area (Å²) in [5.74, 6) is 0.196. The zero-order valence-electron chi connectivity index (χ0n) is 15.0. The molecule has 0 spiro atoms. The number of methoxy groups -OCH3 is 1. The van der Waals surface area contributed by atoms with Gasteiger partial charge in [0.15, 0.2) is 5.69 Å². The average Bonchev–Trinajstić information content (AvgIpc) is 3.17. The Kier molecular flexibility index (Phi) is 5.75. The molecule has 1 N–H and O–H groups in total. The normalized spacial score (nSPS) is 10.8. The Balaban J connectivity index is 1.60. The molecule has 3 rings (SSSR count). The fourth-order valence-electron chi connectivity index (χ4n) is 2.47. The van der Waals surface area contributed by atoms with Gasteiger partial charge in [-0.25, -0.2) is 5.43 Å². The molecular formula is C19H17N5O4. The van der Waals surface area contributed by atoms with Crippen LogP contribution < -0.4 is 10.2 Å². The van der Waals surface area contributed by atoms with E-state index in [0.29, 0.717) is 12.3 Å². The van der Waals surface area contributed by atoms with Crippen molar-refractivity contribution in [1.29, 1.82) is 0 Å². The van der Waals surface area contributed by atoms with Crippen molar-refractivity contribution in [2.24, 2.45) is 5.10 Å². The first-order valence-electron chi connectivity index (χ1n) is 8.30. The number of hydrazone groups is 1. The zero-order chi connectivity index (χ0) is 19.9. The molecule has 0 aliphatic carbocycles. The molecule has 0 aliphatic rings. The molecule has 9 heteroatoms. The highest BCUT2D eigenvalue weighted by Gasteiger charge is 2.10. The lowest BCUT2D eigenvalue weighted by Gasteiger charge is -2.03. The van der Waals surface area contributed by atoms with Crippen LogP contribution in [0.3, 0.4) is 0 Å². The lowest BCUT2D eigenvalue weighted by Crippen LogP contribution is -2.18. The number of rotatable bonds is 7. The highest BCUT2D eigenvalue weighted by molar-refractivity contribution is 5.93. The fourth-order valence-corrected chi connectivity index (χ4v) is 2.47. The molecule has 0 radical (unpaired) electrons. The van der Waals surface area contributed by atoms with Crippen LogP contribution in [-0.4, -0.2) is 33.9 Å². The number of non-ortho nitro benzene ring substituents is 1. The van der Waals surface area contributed by atoms with Crippen molar-refractivity contribution in [3.05, 3.63) is 87.7 Å². The van der Waals surface area contributed by atoms with Gasteiger partial charge in [0.1, 0.15) is 5.75 Å². The van der Waals surface area contributed by atoms with Gasteiger partial charge in [0, 0.05) is 23.9 Å². The van der Waals surface area contributed by atoms with Gasteiger partial charge in [0.05, 0.1) is 24.8 Å². The van der Waals surface area contributed by atoms with E-state index in [4.69, 9.17) is 4.74 Å². The molecule has 0 saturated heterocycles. The summed E-state index contributed by atoms with van der Waals surface area (Å²) in [6.07, 6.45) is 3.14. The summed E-state index contributed by atoms with van der Waals surface area (Å²) in [5.41, 5.74) is 4.21. The average molecular weight is 379 g/mol. The van der Waals surface area contributed by atoms with Gasteiger partial charge in [0.2, 0.25) is 0 Å². The smallest absolute Gasteiger partial charge is 0.291 e. The lowest BCUT2D eigenvalue weighted by molar-refractivity contribution is -0.384. The Labute approximate surface area is 160 Å². The van der Waals surface area contributed by atoms with Crippen molar-refractivity contribution in [3.8, 4) is 5.75 Å². The first kappa shape index (κ1) is 18.8. The van der Waals surface area contributed by atoms with E-state index in [1.54, 1.807) is 42.3 Å². The maximum atomic E-state index is 12.2. The number of nitro benzene ring substituents is 1.